The minimum absolute atomic E-state index is 0. The third-order valence-electron chi connectivity index (χ3n) is 3.71. The molecule has 2 N–H and O–H groups in total. The summed E-state index contributed by atoms with van der Waals surface area (Å²) in [6.07, 6.45) is 3.55. The van der Waals surface area contributed by atoms with Gasteiger partial charge in [-0.3, -0.25) is 4.99 Å². The van der Waals surface area contributed by atoms with Gasteiger partial charge in [-0.05, 0) is 37.5 Å². The van der Waals surface area contributed by atoms with Crippen LogP contribution in [0.4, 0.5) is 0 Å². The third kappa shape index (κ3) is 8.24. The Bertz CT molecular complexity index is 835. The lowest BCUT2D eigenvalue weighted by atomic mass is 10.1. The summed E-state index contributed by atoms with van der Waals surface area (Å²) in [5.41, 5.74) is 1.06. The van der Waals surface area contributed by atoms with Gasteiger partial charge in [-0.25, -0.2) is 8.42 Å². The first-order valence-corrected chi connectivity index (χ1v) is 10.3. The molecule has 0 aliphatic heterocycles. The van der Waals surface area contributed by atoms with E-state index in [-0.39, 0.29) is 24.0 Å². The van der Waals surface area contributed by atoms with Gasteiger partial charge in [0.1, 0.15) is 0 Å². The monoisotopic (exact) mass is 507 g/mol. The Balaban J connectivity index is 0.00000364. The highest BCUT2D eigenvalue weighted by molar-refractivity contribution is 14.0. The van der Waals surface area contributed by atoms with Crippen molar-refractivity contribution in [2.45, 2.75) is 31.1 Å². The molecule has 10 heteroatoms. The molecule has 2 rings (SSSR count). The number of sulfone groups is 1. The van der Waals surface area contributed by atoms with Crippen molar-refractivity contribution in [2.75, 3.05) is 26.4 Å². The van der Waals surface area contributed by atoms with Crippen LogP contribution in [-0.4, -0.2) is 50.9 Å². The van der Waals surface area contributed by atoms with Gasteiger partial charge in [-0.15, -0.1) is 24.0 Å². The van der Waals surface area contributed by atoms with E-state index in [9.17, 15) is 8.42 Å². The molecule has 2 aromatic rings. The van der Waals surface area contributed by atoms with Gasteiger partial charge in [-0.2, -0.15) is 4.98 Å². The normalized spacial score (nSPS) is 11.7. The van der Waals surface area contributed by atoms with Gasteiger partial charge in [0.25, 0.3) is 0 Å². The van der Waals surface area contributed by atoms with E-state index in [4.69, 9.17) is 4.52 Å². The van der Waals surface area contributed by atoms with Crippen molar-refractivity contribution in [1.82, 2.24) is 20.8 Å². The van der Waals surface area contributed by atoms with E-state index in [0.29, 0.717) is 23.2 Å². The molecule has 1 aromatic heterocycles. The maximum Gasteiger partial charge on any atom is 0.226 e. The fourth-order valence-corrected chi connectivity index (χ4v) is 2.97. The maximum absolute atomic E-state index is 11.5. The van der Waals surface area contributed by atoms with Gasteiger partial charge < -0.3 is 15.2 Å². The molecule has 0 fully saturated rings. The molecule has 150 valence electrons. The van der Waals surface area contributed by atoms with E-state index in [2.05, 4.69) is 25.8 Å². The second-order valence-corrected chi connectivity index (χ2v) is 7.95. The molecule has 0 saturated carbocycles. The van der Waals surface area contributed by atoms with E-state index in [0.717, 1.165) is 37.3 Å². The number of benzene rings is 1. The lowest BCUT2D eigenvalue weighted by Crippen LogP contribution is -2.38. The van der Waals surface area contributed by atoms with Crippen molar-refractivity contribution < 1.29 is 12.9 Å². The summed E-state index contributed by atoms with van der Waals surface area (Å²) < 4.78 is 28.0. The molecule has 0 atom stereocenters. The highest BCUT2D eigenvalue weighted by Crippen LogP contribution is 2.10. The average molecular weight is 507 g/mol. The van der Waals surface area contributed by atoms with Gasteiger partial charge in [0, 0.05) is 32.8 Å². The lowest BCUT2D eigenvalue weighted by molar-refractivity contribution is 0.372. The van der Waals surface area contributed by atoms with Crippen molar-refractivity contribution in [3.63, 3.8) is 0 Å². The highest BCUT2D eigenvalue weighted by Gasteiger charge is 2.06. The van der Waals surface area contributed by atoms with Gasteiger partial charge >= 0.3 is 0 Å². The van der Waals surface area contributed by atoms with Crippen LogP contribution in [0, 0.1) is 6.92 Å². The van der Waals surface area contributed by atoms with Crippen molar-refractivity contribution in [1.29, 1.82) is 0 Å². The number of halogens is 1. The summed E-state index contributed by atoms with van der Waals surface area (Å²) in [4.78, 5) is 8.68. The van der Waals surface area contributed by atoms with E-state index in [1.54, 1.807) is 26.1 Å². The Kier molecular flexibility index (Phi) is 9.70. The molecule has 0 unspecified atom stereocenters. The van der Waals surface area contributed by atoms with Gasteiger partial charge in [0.2, 0.25) is 5.89 Å². The second-order valence-electron chi connectivity index (χ2n) is 5.93. The quantitative estimate of drug-likeness (QED) is 0.243. The molecule has 8 nitrogen and oxygen atoms in total. The number of aryl methyl sites for hydroxylation is 2. The number of nitrogens with one attached hydrogen (secondary N) is 2. The fraction of sp³-hybridized carbons (Fsp3) is 0.471. The zero-order valence-electron chi connectivity index (χ0n) is 15.7. The van der Waals surface area contributed by atoms with Crippen LogP contribution in [0.15, 0.2) is 38.7 Å². The molecule has 0 radical (unpaired) electrons. The Morgan fingerprint density at radius 3 is 2.37 bits per heavy atom. The van der Waals surface area contributed by atoms with Crippen molar-refractivity contribution in [3.8, 4) is 0 Å². The molecule has 0 amide bonds. The summed E-state index contributed by atoms with van der Waals surface area (Å²) in [5.74, 6) is 2.01. The molecular formula is C17H26IN5O3S. The molecule has 0 spiro atoms. The average Bonchev–Trinajstić information content (AvgIpc) is 3.02. The summed E-state index contributed by atoms with van der Waals surface area (Å²) in [7, 11) is -1.43. The second kappa shape index (κ2) is 11.2. The maximum atomic E-state index is 11.5. The summed E-state index contributed by atoms with van der Waals surface area (Å²) in [5, 5.41) is 10.2. The number of aliphatic imine (C=N–C) groups is 1. The van der Waals surface area contributed by atoms with Crippen LogP contribution in [-0.2, 0) is 22.7 Å². The number of hydrogen-bond acceptors (Lipinski definition) is 6. The van der Waals surface area contributed by atoms with Gasteiger partial charge in [-0.1, -0.05) is 17.3 Å². The first kappa shape index (κ1) is 23.3. The molecular weight excluding hydrogens is 481 g/mol. The predicted molar refractivity (Wildman–Crippen MR) is 115 cm³/mol. The number of nitrogens with zero attached hydrogens (tertiary/aromatic N) is 3. The molecule has 0 saturated heterocycles. The number of guanidine groups is 1. The zero-order valence-corrected chi connectivity index (χ0v) is 18.9. The third-order valence-corrected chi connectivity index (χ3v) is 4.84. The molecule has 0 aliphatic carbocycles. The minimum atomic E-state index is -3.15. The van der Waals surface area contributed by atoms with Crippen LogP contribution in [0.25, 0.3) is 0 Å². The summed E-state index contributed by atoms with van der Waals surface area (Å²) in [6, 6.07) is 6.94. The first-order valence-electron chi connectivity index (χ1n) is 8.41. The Morgan fingerprint density at radius 2 is 1.81 bits per heavy atom. The predicted octanol–water partition coefficient (Wildman–Crippen LogP) is 1.74. The van der Waals surface area contributed by atoms with Crippen molar-refractivity contribution in [3.05, 3.63) is 41.5 Å². The van der Waals surface area contributed by atoms with E-state index < -0.39 is 9.84 Å². The number of hydrogen-bond donors (Lipinski definition) is 2. The van der Waals surface area contributed by atoms with E-state index in [1.165, 1.54) is 6.26 Å². The zero-order chi connectivity index (χ0) is 19.0. The Hall–Kier alpha value is -1.69. The molecule has 1 aromatic carbocycles. The molecule has 0 aliphatic rings. The Morgan fingerprint density at radius 1 is 1.15 bits per heavy atom. The van der Waals surface area contributed by atoms with Crippen LogP contribution < -0.4 is 10.6 Å². The summed E-state index contributed by atoms with van der Waals surface area (Å²) >= 11 is 0. The number of aromatic nitrogens is 2. The molecule has 27 heavy (non-hydrogen) atoms. The van der Waals surface area contributed by atoms with Crippen LogP contribution in [0.2, 0.25) is 0 Å². The topological polar surface area (TPSA) is 109 Å². The smallest absolute Gasteiger partial charge is 0.226 e. The van der Waals surface area contributed by atoms with Crippen molar-refractivity contribution in [2.24, 2.45) is 4.99 Å². The number of rotatable bonds is 8. The van der Waals surface area contributed by atoms with Crippen LogP contribution >= 0.6 is 24.0 Å². The van der Waals surface area contributed by atoms with Gasteiger partial charge in [0.15, 0.2) is 21.6 Å². The SMILES string of the molecule is CN=C(NCCCc1nc(C)no1)NCCc1ccc(S(C)(=O)=O)cc1.I. The largest absolute Gasteiger partial charge is 0.356 e. The standard InChI is InChI=1S/C17H25N5O3S.HI/c1-13-21-16(25-22-13)5-4-11-19-17(18-2)20-12-10-14-6-8-15(9-7-14)26(3,23)24;/h6-9H,4-5,10-12H2,1-3H3,(H2,18,19,20);1H. The van der Waals surface area contributed by atoms with E-state index in [1.807, 2.05) is 12.1 Å². The molecule has 0 bridgehead atoms. The van der Waals surface area contributed by atoms with Crippen LogP contribution in [0.5, 0.6) is 0 Å². The summed E-state index contributed by atoms with van der Waals surface area (Å²) in [6.45, 7) is 3.23. The van der Waals surface area contributed by atoms with E-state index >= 15 is 0 Å². The lowest BCUT2D eigenvalue weighted by Gasteiger charge is -2.11. The van der Waals surface area contributed by atoms with Crippen LogP contribution in [0.1, 0.15) is 23.7 Å². The van der Waals surface area contributed by atoms with Gasteiger partial charge in [0.05, 0.1) is 4.90 Å². The van der Waals surface area contributed by atoms with Crippen LogP contribution in [0.3, 0.4) is 0 Å². The minimum Gasteiger partial charge on any atom is -0.356 e. The highest BCUT2D eigenvalue weighted by atomic mass is 127. The van der Waals surface area contributed by atoms with Crippen molar-refractivity contribution >= 4 is 39.8 Å². The fourth-order valence-electron chi connectivity index (χ4n) is 2.34. The Labute approximate surface area is 177 Å². The first-order chi connectivity index (χ1) is 12.4. The molecule has 1 heterocycles.